The van der Waals surface area contributed by atoms with E-state index in [1.54, 1.807) is 11.3 Å². The molecular weight excluding hydrogens is 240 g/mol. The summed E-state index contributed by atoms with van der Waals surface area (Å²) in [6.07, 6.45) is 2.66. The lowest BCUT2D eigenvalue weighted by atomic mass is 9.93. The number of nitrogens with one attached hydrogen (secondary N) is 1. The zero-order valence-electron chi connectivity index (χ0n) is 9.29. The zero-order chi connectivity index (χ0) is 11.0. The van der Waals surface area contributed by atoms with Gasteiger partial charge in [0.25, 0.3) is 0 Å². The maximum Gasteiger partial charge on any atom is 0.0931 e. The molecule has 88 valence electrons. The summed E-state index contributed by atoms with van der Waals surface area (Å²) in [5, 5.41) is 3.60. The van der Waals surface area contributed by atoms with Crippen molar-refractivity contribution in [3.05, 3.63) is 21.3 Å². The van der Waals surface area contributed by atoms with Crippen LogP contribution in [0.15, 0.2) is 12.1 Å². The maximum absolute atomic E-state index is 5.96. The third-order valence-corrected chi connectivity index (χ3v) is 4.96. The normalized spacial score (nSPS) is 30.6. The average Bonchev–Trinajstić information content (AvgIpc) is 2.87. The van der Waals surface area contributed by atoms with Crippen LogP contribution in [-0.2, 0) is 6.54 Å². The summed E-state index contributed by atoms with van der Waals surface area (Å²) in [7, 11) is 0. The number of thiophene rings is 1. The summed E-state index contributed by atoms with van der Waals surface area (Å²) in [5.41, 5.74) is 0. The molecule has 0 saturated carbocycles. The Morgan fingerprint density at radius 3 is 3.19 bits per heavy atom. The van der Waals surface area contributed by atoms with Crippen LogP contribution >= 0.6 is 22.9 Å². The minimum absolute atomic E-state index is 0.795. The molecule has 2 aliphatic rings. The number of hydrogen-bond acceptors (Lipinski definition) is 3. The van der Waals surface area contributed by atoms with Crippen molar-refractivity contribution < 1.29 is 0 Å². The highest BCUT2D eigenvalue weighted by Crippen LogP contribution is 2.28. The lowest BCUT2D eigenvalue weighted by Gasteiger charge is -2.34. The highest BCUT2D eigenvalue weighted by molar-refractivity contribution is 7.16. The van der Waals surface area contributed by atoms with Crippen LogP contribution in [0.2, 0.25) is 4.34 Å². The molecule has 0 amide bonds. The molecule has 2 fully saturated rings. The minimum atomic E-state index is 0.795. The molecule has 2 unspecified atom stereocenters. The molecule has 1 N–H and O–H groups in total. The van der Waals surface area contributed by atoms with E-state index in [0.29, 0.717) is 0 Å². The van der Waals surface area contributed by atoms with E-state index in [0.717, 1.165) is 22.8 Å². The topological polar surface area (TPSA) is 15.3 Å². The van der Waals surface area contributed by atoms with E-state index in [1.807, 2.05) is 6.07 Å². The first-order valence-corrected chi connectivity index (χ1v) is 7.20. The fraction of sp³-hybridized carbons (Fsp3) is 0.667. The van der Waals surface area contributed by atoms with Gasteiger partial charge in [0.05, 0.1) is 4.34 Å². The number of nitrogens with zero attached hydrogens (tertiary/aromatic N) is 1. The van der Waals surface area contributed by atoms with Gasteiger partial charge in [0.15, 0.2) is 0 Å². The maximum atomic E-state index is 5.96. The monoisotopic (exact) mass is 256 g/mol. The Bertz CT molecular complexity index is 366. The van der Waals surface area contributed by atoms with Gasteiger partial charge in [0.2, 0.25) is 0 Å². The van der Waals surface area contributed by atoms with Gasteiger partial charge in [0.1, 0.15) is 0 Å². The molecule has 1 aromatic heterocycles. The molecule has 2 nitrogen and oxygen atoms in total. The minimum Gasteiger partial charge on any atom is -0.314 e. The largest absolute Gasteiger partial charge is 0.314 e. The molecule has 0 radical (unpaired) electrons. The second kappa shape index (κ2) is 4.65. The first kappa shape index (κ1) is 11.0. The van der Waals surface area contributed by atoms with E-state index in [-0.39, 0.29) is 0 Å². The van der Waals surface area contributed by atoms with E-state index >= 15 is 0 Å². The molecule has 0 aromatic carbocycles. The smallest absolute Gasteiger partial charge is 0.0931 e. The van der Waals surface area contributed by atoms with Crippen molar-refractivity contribution in [3.63, 3.8) is 0 Å². The molecule has 2 saturated heterocycles. The predicted molar refractivity (Wildman–Crippen MR) is 69.1 cm³/mol. The van der Waals surface area contributed by atoms with Gasteiger partial charge in [-0.25, -0.2) is 0 Å². The highest BCUT2D eigenvalue weighted by atomic mass is 35.5. The summed E-state index contributed by atoms with van der Waals surface area (Å²) < 4.78 is 0.910. The lowest BCUT2D eigenvalue weighted by Crippen LogP contribution is -2.43. The molecule has 0 spiro atoms. The number of hydrogen-bond donors (Lipinski definition) is 1. The fourth-order valence-electron chi connectivity index (χ4n) is 2.92. The van der Waals surface area contributed by atoms with Gasteiger partial charge < -0.3 is 5.32 Å². The van der Waals surface area contributed by atoms with E-state index < -0.39 is 0 Å². The molecule has 3 rings (SSSR count). The summed E-state index contributed by atoms with van der Waals surface area (Å²) >= 11 is 7.67. The summed E-state index contributed by atoms with van der Waals surface area (Å²) in [6.45, 7) is 4.78. The van der Waals surface area contributed by atoms with Crippen molar-refractivity contribution in [2.45, 2.75) is 25.4 Å². The molecule has 3 heterocycles. The van der Waals surface area contributed by atoms with Crippen LogP contribution in [0.1, 0.15) is 17.7 Å². The summed E-state index contributed by atoms with van der Waals surface area (Å²) in [5.74, 6) is 0.879. The quantitative estimate of drug-likeness (QED) is 0.875. The molecule has 4 heteroatoms. The van der Waals surface area contributed by atoms with Crippen molar-refractivity contribution in [1.29, 1.82) is 0 Å². The van der Waals surface area contributed by atoms with Gasteiger partial charge in [0, 0.05) is 30.6 Å². The summed E-state index contributed by atoms with van der Waals surface area (Å²) in [6, 6.07) is 4.96. The number of halogens is 1. The lowest BCUT2D eigenvalue weighted by molar-refractivity contribution is 0.157. The SMILES string of the molecule is Clc1ccc(CN2CCC3NCCC3C2)s1. The number of likely N-dealkylation sites (tertiary alicyclic amines) is 1. The third kappa shape index (κ3) is 2.28. The summed E-state index contributed by atoms with van der Waals surface area (Å²) in [4.78, 5) is 3.98. The van der Waals surface area contributed by atoms with E-state index in [1.165, 1.54) is 37.4 Å². The van der Waals surface area contributed by atoms with Gasteiger partial charge >= 0.3 is 0 Å². The van der Waals surface area contributed by atoms with Crippen LogP contribution in [0, 0.1) is 5.92 Å². The number of fused-ring (bicyclic) bond motifs is 1. The van der Waals surface area contributed by atoms with Crippen LogP contribution < -0.4 is 5.32 Å². The molecule has 1 aromatic rings. The second-order valence-electron chi connectivity index (χ2n) is 4.84. The number of rotatable bonds is 2. The van der Waals surface area contributed by atoms with Gasteiger partial charge in [-0.2, -0.15) is 0 Å². The molecule has 0 bridgehead atoms. The second-order valence-corrected chi connectivity index (χ2v) is 6.64. The Hall–Kier alpha value is -0.0900. The predicted octanol–water partition coefficient (Wildman–Crippen LogP) is 2.59. The molecule has 2 atom stereocenters. The molecule has 2 aliphatic heterocycles. The zero-order valence-corrected chi connectivity index (χ0v) is 10.9. The first-order chi connectivity index (χ1) is 7.81. The Labute approximate surface area is 106 Å². The van der Waals surface area contributed by atoms with Gasteiger partial charge in [-0.05, 0) is 37.4 Å². The van der Waals surface area contributed by atoms with Crippen molar-refractivity contribution in [2.24, 2.45) is 5.92 Å². The van der Waals surface area contributed by atoms with Crippen molar-refractivity contribution in [1.82, 2.24) is 10.2 Å². The van der Waals surface area contributed by atoms with Gasteiger partial charge in [-0.1, -0.05) is 11.6 Å². The Morgan fingerprint density at radius 2 is 2.38 bits per heavy atom. The van der Waals surface area contributed by atoms with Gasteiger partial charge in [-0.3, -0.25) is 4.90 Å². The van der Waals surface area contributed by atoms with Crippen molar-refractivity contribution in [3.8, 4) is 0 Å². The number of piperidine rings is 1. The fourth-order valence-corrected chi connectivity index (χ4v) is 4.05. The third-order valence-electron chi connectivity index (χ3n) is 3.75. The van der Waals surface area contributed by atoms with Gasteiger partial charge in [-0.15, -0.1) is 11.3 Å². The van der Waals surface area contributed by atoms with Crippen LogP contribution in [0.25, 0.3) is 0 Å². The standard InChI is InChI=1S/C12H17ClN2S/c13-12-2-1-10(16-12)8-15-6-4-11-9(7-15)3-5-14-11/h1-2,9,11,14H,3-8H2. The Kier molecular flexibility index (Phi) is 3.20. The van der Waals surface area contributed by atoms with Crippen LogP contribution in [-0.4, -0.2) is 30.6 Å². The average molecular weight is 257 g/mol. The Morgan fingerprint density at radius 1 is 1.44 bits per heavy atom. The van der Waals surface area contributed by atoms with E-state index in [4.69, 9.17) is 11.6 Å². The Balaban J connectivity index is 1.60. The van der Waals surface area contributed by atoms with Crippen LogP contribution in [0.5, 0.6) is 0 Å². The first-order valence-electron chi connectivity index (χ1n) is 6.01. The highest BCUT2D eigenvalue weighted by Gasteiger charge is 2.32. The van der Waals surface area contributed by atoms with Crippen molar-refractivity contribution in [2.75, 3.05) is 19.6 Å². The van der Waals surface area contributed by atoms with Crippen LogP contribution in [0.3, 0.4) is 0 Å². The molecule has 0 aliphatic carbocycles. The van der Waals surface area contributed by atoms with E-state index in [2.05, 4.69) is 16.3 Å². The molecule has 16 heavy (non-hydrogen) atoms. The molecular formula is C12H17ClN2S. The van der Waals surface area contributed by atoms with Crippen molar-refractivity contribution >= 4 is 22.9 Å². The van der Waals surface area contributed by atoms with Crippen LogP contribution in [0.4, 0.5) is 0 Å². The van der Waals surface area contributed by atoms with E-state index in [9.17, 15) is 0 Å².